The molecule has 0 saturated carbocycles. The van der Waals surface area contributed by atoms with Gasteiger partial charge in [0.25, 0.3) is 5.91 Å². The predicted octanol–water partition coefficient (Wildman–Crippen LogP) is 3.67. The summed E-state index contributed by atoms with van der Waals surface area (Å²) in [6.07, 6.45) is 0.327. The van der Waals surface area contributed by atoms with E-state index in [1.54, 1.807) is 12.1 Å². The normalized spacial score (nSPS) is 10.6. The topological polar surface area (TPSA) is 129 Å². The van der Waals surface area contributed by atoms with E-state index in [4.69, 9.17) is 15.9 Å². The summed E-state index contributed by atoms with van der Waals surface area (Å²) in [6.45, 7) is 3.71. The lowest BCUT2D eigenvalue weighted by molar-refractivity contribution is 0.102. The van der Waals surface area contributed by atoms with E-state index in [-0.39, 0.29) is 31.3 Å². The van der Waals surface area contributed by atoms with Gasteiger partial charge >= 0.3 is 6.09 Å². The Morgan fingerprint density at radius 2 is 1.72 bits per heavy atom. The minimum Gasteiger partial charge on any atom is -0.465 e. The molecule has 5 N–H and O–H groups in total. The standard InChI is InChI=1S/C24H26N4O4/c1-15-18(5-3-7-20(15)25)19-6-4-8-21(16(19)2)27-23(30)22-10-9-17(13-26-22)14-28(11-12-29)24(31)32/h3-10,13,29H,11-12,14,25H2,1-2H3,(H,27,30)(H,31,32). The molecule has 166 valence electrons. The average Bonchev–Trinajstić information content (AvgIpc) is 2.77. The first kappa shape index (κ1) is 22.8. The van der Waals surface area contributed by atoms with Crippen LogP contribution in [-0.2, 0) is 6.54 Å². The maximum absolute atomic E-state index is 12.7. The molecule has 2 amide bonds. The van der Waals surface area contributed by atoms with Crippen LogP contribution in [0, 0.1) is 13.8 Å². The summed E-state index contributed by atoms with van der Waals surface area (Å²) < 4.78 is 0. The van der Waals surface area contributed by atoms with Crippen LogP contribution >= 0.6 is 0 Å². The largest absolute Gasteiger partial charge is 0.465 e. The van der Waals surface area contributed by atoms with E-state index >= 15 is 0 Å². The fraction of sp³-hybridized carbons (Fsp3) is 0.208. The number of rotatable bonds is 7. The van der Waals surface area contributed by atoms with Gasteiger partial charge in [0, 0.05) is 24.1 Å². The number of hydrogen-bond acceptors (Lipinski definition) is 5. The average molecular weight is 434 g/mol. The number of hydrogen-bond donors (Lipinski definition) is 4. The van der Waals surface area contributed by atoms with Gasteiger partial charge in [-0.1, -0.05) is 30.3 Å². The van der Waals surface area contributed by atoms with Gasteiger partial charge in [-0.15, -0.1) is 0 Å². The van der Waals surface area contributed by atoms with Gasteiger partial charge in [-0.3, -0.25) is 9.78 Å². The van der Waals surface area contributed by atoms with Gasteiger partial charge in [-0.25, -0.2) is 4.79 Å². The highest BCUT2D eigenvalue weighted by Crippen LogP contribution is 2.32. The Labute approximate surface area is 186 Å². The molecule has 3 aromatic rings. The fourth-order valence-corrected chi connectivity index (χ4v) is 3.43. The Kier molecular flexibility index (Phi) is 7.07. The molecule has 3 rings (SSSR count). The van der Waals surface area contributed by atoms with Gasteiger partial charge in [0.15, 0.2) is 0 Å². The van der Waals surface area contributed by atoms with Gasteiger partial charge in [0.2, 0.25) is 0 Å². The molecular weight excluding hydrogens is 408 g/mol. The van der Waals surface area contributed by atoms with Crippen molar-refractivity contribution in [3.8, 4) is 11.1 Å². The second-order valence-corrected chi connectivity index (χ2v) is 7.43. The van der Waals surface area contributed by atoms with E-state index in [1.807, 2.05) is 50.2 Å². The molecular formula is C24H26N4O4. The maximum Gasteiger partial charge on any atom is 0.407 e. The summed E-state index contributed by atoms with van der Waals surface area (Å²) in [5.41, 5.74) is 12.1. The van der Waals surface area contributed by atoms with Crippen molar-refractivity contribution in [2.75, 3.05) is 24.2 Å². The molecule has 8 heteroatoms. The summed E-state index contributed by atoms with van der Waals surface area (Å²) in [5, 5.41) is 21.0. The van der Waals surface area contributed by atoms with E-state index in [9.17, 15) is 9.59 Å². The highest BCUT2D eigenvalue weighted by atomic mass is 16.4. The molecule has 0 bridgehead atoms. The zero-order valence-corrected chi connectivity index (χ0v) is 18.0. The molecule has 0 fully saturated rings. The lowest BCUT2D eigenvalue weighted by Gasteiger charge is -2.18. The molecule has 1 aromatic heterocycles. The molecule has 1 heterocycles. The molecule has 0 atom stereocenters. The monoisotopic (exact) mass is 434 g/mol. The Balaban J connectivity index is 1.78. The number of aliphatic hydroxyl groups excluding tert-OH is 1. The Bertz CT molecular complexity index is 1130. The molecule has 2 aromatic carbocycles. The summed E-state index contributed by atoms with van der Waals surface area (Å²) in [5.74, 6) is -0.369. The third-order valence-electron chi connectivity index (χ3n) is 5.32. The fourth-order valence-electron chi connectivity index (χ4n) is 3.43. The number of carbonyl (C=O) groups excluding carboxylic acids is 1. The summed E-state index contributed by atoms with van der Waals surface area (Å²) >= 11 is 0. The quantitative estimate of drug-likeness (QED) is 0.420. The molecule has 0 spiro atoms. The van der Waals surface area contributed by atoms with Gasteiger partial charge < -0.3 is 26.2 Å². The number of nitrogens with one attached hydrogen (secondary N) is 1. The van der Waals surface area contributed by atoms with E-state index in [2.05, 4.69) is 10.3 Å². The van der Waals surface area contributed by atoms with Crippen LogP contribution in [0.25, 0.3) is 11.1 Å². The lowest BCUT2D eigenvalue weighted by atomic mass is 9.95. The van der Waals surface area contributed by atoms with Crippen LogP contribution in [0.4, 0.5) is 16.2 Å². The van der Waals surface area contributed by atoms with Crippen molar-refractivity contribution < 1.29 is 19.8 Å². The number of nitrogens with two attached hydrogens (primary N) is 1. The zero-order chi connectivity index (χ0) is 23.3. The van der Waals surface area contributed by atoms with Crippen molar-refractivity contribution in [1.82, 2.24) is 9.88 Å². The second-order valence-electron chi connectivity index (χ2n) is 7.43. The van der Waals surface area contributed by atoms with Crippen molar-refractivity contribution in [3.63, 3.8) is 0 Å². The second kappa shape index (κ2) is 9.93. The number of benzene rings is 2. The van der Waals surface area contributed by atoms with Gasteiger partial charge in [-0.05, 0) is 59.9 Å². The van der Waals surface area contributed by atoms with Crippen molar-refractivity contribution in [1.29, 1.82) is 0 Å². The van der Waals surface area contributed by atoms with E-state index in [0.717, 1.165) is 27.2 Å². The van der Waals surface area contributed by atoms with Crippen LogP contribution in [0.3, 0.4) is 0 Å². The van der Waals surface area contributed by atoms with Gasteiger partial charge in [0.05, 0.1) is 13.2 Å². The van der Waals surface area contributed by atoms with Crippen molar-refractivity contribution in [2.24, 2.45) is 0 Å². The SMILES string of the molecule is Cc1c(N)cccc1-c1cccc(NC(=O)c2ccc(CN(CCO)C(=O)O)cn2)c1C. The van der Waals surface area contributed by atoms with Crippen LogP contribution < -0.4 is 11.1 Å². The first-order valence-corrected chi connectivity index (χ1v) is 10.1. The van der Waals surface area contributed by atoms with Crippen LogP contribution in [0.15, 0.2) is 54.7 Å². The minimum atomic E-state index is -1.13. The molecule has 32 heavy (non-hydrogen) atoms. The number of carboxylic acid groups (broad SMARTS) is 1. The van der Waals surface area contributed by atoms with Crippen LogP contribution in [0.2, 0.25) is 0 Å². The molecule has 0 unspecified atom stereocenters. The molecule has 0 aliphatic rings. The highest BCUT2D eigenvalue weighted by molar-refractivity contribution is 6.03. The van der Waals surface area contributed by atoms with Crippen LogP contribution in [-0.4, -0.2) is 45.2 Å². The van der Waals surface area contributed by atoms with Gasteiger partial charge in [-0.2, -0.15) is 0 Å². The number of carbonyl (C=O) groups is 2. The van der Waals surface area contributed by atoms with Crippen molar-refractivity contribution in [3.05, 3.63) is 77.1 Å². The molecule has 8 nitrogen and oxygen atoms in total. The Morgan fingerprint density at radius 1 is 1.03 bits per heavy atom. The minimum absolute atomic E-state index is 0.000271. The number of aliphatic hydroxyl groups is 1. The molecule has 0 aliphatic heterocycles. The van der Waals surface area contributed by atoms with Crippen molar-refractivity contribution in [2.45, 2.75) is 20.4 Å². The molecule has 0 aliphatic carbocycles. The van der Waals surface area contributed by atoms with E-state index in [1.165, 1.54) is 6.20 Å². The predicted molar refractivity (Wildman–Crippen MR) is 123 cm³/mol. The number of anilines is 2. The van der Waals surface area contributed by atoms with Gasteiger partial charge in [0.1, 0.15) is 5.69 Å². The van der Waals surface area contributed by atoms with Crippen LogP contribution in [0.1, 0.15) is 27.2 Å². The Morgan fingerprint density at radius 3 is 2.34 bits per heavy atom. The summed E-state index contributed by atoms with van der Waals surface area (Å²) in [7, 11) is 0. The third kappa shape index (κ3) is 5.04. The number of pyridine rings is 1. The molecule has 0 radical (unpaired) electrons. The summed E-state index contributed by atoms with van der Waals surface area (Å²) in [4.78, 5) is 29.2. The van der Waals surface area contributed by atoms with E-state index in [0.29, 0.717) is 16.9 Å². The number of nitrogen functional groups attached to an aromatic ring is 1. The van der Waals surface area contributed by atoms with E-state index < -0.39 is 6.09 Å². The number of amides is 2. The zero-order valence-electron chi connectivity index (χ0n) is 18.0. The van der Waals surface area contributed by atoms with Crippen LogP contribution in [0.5, 0.6) is 0 Å². The summed E-state index contributed by atoms with van der Waals surface area (Å²) in [6, 6.07) is 14.6. The maximum atomic E-state index is 12.7. The molecule has 0 saturated heterocycles. The number of aromatic nitrogens is 1. The van der Waals surface area contributed by atoms with Crippen molar-refractivity contribution >= 4 is 23.4 Å². The smallest absolute Gasteiger partial charge is 0.407 e. The highest BCUT2D eigenvalue weighted by Gasteiger charge is 2.15. The third-order valence-corrected chi connectivity index (χ3v) is 5.32. The lowest BCUT2D eigenvalue weighted by Crippen LogP contribution is -2.31. The first-order valence-electron chi connectivity index (χ1n) is 10.1. The Hall–Kier alpha value is -3.91. The first-order chi connectivity index (χ1) is 15.3. The number of nitrogens with zero attached hydrogens (tertiary/aromatic N) is 2.